The third kappa shape index (κ3) is 3.52. The number of nitriles is 2. The van der Waals surface area contributed by atoms with Gasteiger partial charge in [-0.3, -0.25) is 9.98 Å². The van der Waals surface area contributed by atoms with E-state index < -0.39 is 32.3 Å². The largest absolute Gasteiger partial charge is 0.478 e. The molecule has 0 unspecified atom stereocenters. The Morgan fingerprint density at radius 1 is 1.30 bits per heavy atom. The van der Waals surface area contributed by atoms with Gasteiger partial charge in [0.15, 0.2) is 0 Å². The van der Waals surface area contributed by atoms with Crippen molar-refractivity contribution in [3.05, 3.63) is 23.8 Å². The Kier molecular flexibility index (Phi) is 4.38. The standard InChI is InChI=1S/C10H6N4O5S/c11-4-6(5-12)13-14-9-2-1-7(20(17,18)19)3-8(9)10(15)16/h1-3,14H,(H,15,16)(H,17,18,19). The molecule has 20 heavy (non-hydrogen) atoms. The van der Waals surface area contributed by atoms with Crippen LogP contribution in [0.3, 0.4) is 0 Å². The molecule has 0 bridgehead atoms. The number of hydrogen-bond acceptors (Lipinski definition) is 7. The van der Waals surface area contributed by atoms with Gasteiger partial charge >= 0.3 is 5.97 Å². The van der Waals surface area contributed by atoms with Crippen molar-refractivity contribution in [1.82, 2.24) is 0 Å². The van der Waals surface area contributed by atoms with Gasteiger partial charge < -0.3 is 5.11 Å². The van der Waals surface area contributed by atoms with Gasteiger partial charge in [-0.25, -0.2) is 4.79 Å². The summed E-state index contributed by atoms with van der Waals surface area (Å²) in [5.74, 6) is -1.48. The average Bonchev–Trinajstić information content (AvgIpc) is 2.38. The second-order valence-electron chi connectivity index (χ2n) is 3.28. The lowest BCUT2D eigenvalue weighted by atomic mass is 10.2. The van der Waals surface area contributed by atoms with Crippen LogP contribution in [0.1, 0.15) is 10.4 Å². The highest BCUT2D eigenvalue weighted by atomic mass is 32.2. The Bertz CT molecular complexity index is 754. The van der Waals surface area contributed by atoms with Crippen molar-refractivity contribution in [1.29, 1.82) is 10.5 Å². The van der Waals surface area contributed by atoms with E-state index in [2.05, 4.69) is 10.5 Å². The quantitative estimate of drug-likeness (QED) is 0.409. The molecule has 0 aliphatic rings. The van der Waals surface area contributed by atoms with Gasteiger partial charge in [0.2, 0.25) is 5.71 Å². The van der Waals surface area contributed by atoms with Crippen LogP contribution in [0.2, 0.25) is 0 Å². The molecule has 0 aliphatic heterocycles. The summed E-state index contributed by atoms with van der Waals surface area (Å²) in [7, 11) is -4.55. The lowest BCUT2D eigenvalue weighted by molar-refractivity contribution is 0.0697. The first kappa shape index (κ1) is 15.1. The number of nitrogens with zero attached hydrogens (tertiary/aromatic N) is 3. The van der Waals surface area contributed by atoms with Crippen LogP contribution in [0.4, 0.5) is 5.69 Å². The van der Waals surface area contributed by atoms with Crippen LogP contribution in [-0.2, 0) is 10.1 Å². The van der Waals surface area contributed by atoms with E-state index in [1.807, 2.05) is 0 Å². The maximum atomic E-state index is 11.0. The summed E-state index contributed by atoms with van der Waals surface area (Å²) >= 11 is 0. The number of aromatic carboxylic acids is 1. The highest BCUT2D eigenvalue weighted by molar-refractivity contribution is 7.85. The van der Waals surface area contributed by atoms with Crippen LogP contribution in [-0.4, -0.2) is 29.8 Å². The molecule has 0 aromatic heterocycles. The van der Waals surface area contributed by atoms with Crippen molar-refractivity contribution >= 4 is 27.5 Å². The molecule has 102 valence electrons. The minimum atomic E-state index is -4.55. The molecule has 1 aromatic rings. The molecule has 9 nitrogen and oxygen atoms in total. The first-order valence-corrected chi connectivity index (χ1v) is 6.22. The van der Waals surface area contributed by atoms with E-state index in [0.29, 0.717) is 6.07 Å². The molecular weight excluding hydrogens is 288 g/mol. The Balaban J connectivity index is 3.30. The molecule has 10 heteroatoms. The van der Waals surface area contributed by atoms with Crippen molar-refractivity contribution in [3.63, 3.8) is 0 Å². The molecule has 0 saturated heterocycles. The van der Waals surface area contributed by atoms with Gasteiger partial charge in [0.1, 0.15) is 12.1 Å². The monoisotopic (exact) mass is 294 g/mol. The zero-order valence-corrected chi connectivity index (χ0v) is 10.4. The molecule has 0 aliphatic carbocycles. The van der Waals surface area contributed by atoms with E-state index in [-0.39, 0.29) is 5.69 Å². The van der Waals surface area contributed by atoms with E-state index in [1.54, 1.807) is 0 Å². The first-order chi connectivity index (χ1) is 9.29. The van der Waals surface area contributed by atoms with Crippen molar-refractivity contribution in [2.45, 2.75) is 4.90 Å². The third-order valence-corrected chi connectivity index (χ3v) is 2.87. The number of nitrogens with one attached hydrogen (secondary N) is 1. The summed E-state index contributed by atoms with van der Waals surface area (Å²) in [5, 5.41) is 29.2. The molecule has 1 aromatic carbocycles. The van der Waals surface area contributed by atoms with Crippen LogP contribution in [0.15, 0.2) is 28.2 Å². The maximum Gasteiger partial charge on any atom is 0.337 e. The van der Waals surface area contributed by atoms with E-state index in [0.717, 1.165) is 12.1 Å². The number of carbonyl (C=O) groups is 1. The van der Waals surface area contributed by atoms with Gasteiger partial charge in [0, 0.05) is 0 Å². The minimum Gasteiger partial charge on any atom is -0.478 e. The van der Waals surface area contributed by atoms with Gasteiger partial charge in [-0.05, 0) is 18.2 Å². The summed E-state index contributed by atoms with van der Waals surface area (Å²) in [6, 6.07) is 5.59. The van der Waals surface area contributed by atoms with Crippen molar-refractivity contribution in [2.75, 3.05) is 5.43 Å². The Morgan fingerprint density at radius 2 is 1.90 bits per heavy atom. The molecule has 3 N–H and O–H groups in total. The Hall–Kier alpha value is -2.95. The van der Waals surface area contributed by atoms with Gasteiger partial charge in [0.25, 0.3) is 10.1 Å². The lowest BCUT2D eigenvalue weighted by Crippen LogP contribution is -2.07. The number of benzene rings is 1. The normalized spacial score (nSPS) is 9.95. The zero-order valence-electron chi connectivity index (χ0n) is 9.60. The number of hydrogen-bond donors (Lipinski definition) is 3. The van der Waals surface area contributed by atoms with Gasteiger partial charge in [-0.2, -0.15) is 24.0 Å². The fraction of sp³-hybridized carbons (Fsp3) is 0. The van der Waals surface area contributed by atoms with Crippen molar-refractivity contribution in [2.24, 2.45) is 5.10 Å². The SMILES string of the molecule is N#CC(C#N)=NNc1ccc(S(=O)(=O)O)cc1C(=O)O. The summed E-state index contributed by atoms with van der Waals surface area (Å²) in [6.45, 7) is 0. The van der Waals surface area contributed by atoms with E-state index in [9.17, 15) is 13.2 Å². The molecule has 0 amide bonds. The molecule has 0 heterocycles. The Morgan fingerprint density at radius 3 is 2.35 bits per heavy atom. The third-order valence-electron chi connectivity index (χ3n) is 2.02. The lowest BCUT2D eigenvalue weighted by Gasteiger charge is -2.06. The number of carboxylic acids is 1. The molecule has 0 saturated carbocycles. The first-order valence-electron chi connectivity index (χ1n) is 4.78. The Labute approximate surface area is 113 Å². The fourth-order valence-corrected chi connectivity index (χ4v) is 1.66. The number of anilines is 1. The van der Waals surface area contributed by atoms with Crippen LogP contribution < -0.4 is 5.43 Å². The van der Waals surface area contributed by atoms with Crippen LogP contribution in [0.25, 0.3) is 0 Å². The second-order valence-corrected chi connectivity index (χ2v) is 4.70. The van der Waals surface area contributed by atoms with Gasteiger partial charge in [-0.1, -0.05) is 0 Å². The van der Waals surface area contributed by atoms with Crippen molar-refractivity contribution < 1.29 is 22.9 Å². The topological polar surface area (TPSA) is 164 Å². The second kappa shape index (κ2) is 5.79. The average molecular weight is 294 g/mol. The van der Waals surface area contributed by atoms with Gasteiger partial charge in [-0.15, -0.1) is 0 Å². The predicted molar refractivity (Wildman–Crippen MR) is 65.5 cm³/mol. The zero-order chi connectivity index (χ0) is 15.3. The highest BCUT2D eigenvalue weighted by Gasteiger charge is 2.16. The van der Waals surface area contributed by atoms with Crippen LogP contribution in [0.5, 0.6) is 0 Å². The number of rotatable bonds is 4. The fourth-order valence-electron chi connectivity index (χ4n) is 1.15. The molecule has 0 radical (unpaired) electrons. The summed E-state index contributed by atoms with van der Waals surface area (Å²) in [4.78, 5) is 10.4. The number of hydrazone groups is 1. The summed E-state index contributed by atoms with van der Waals surface area (Å²) in [5.41, 5.74) is 0.973. The van der Waals surface area contributed by atoms with E-state index in [1.165, 1.54) is 12.1 Å². The molecule has 0 spiro atoms. The van der Waals surface area contributed by atoms with Gasteiger partial charge in [0.05, 0.1) is 16.1 Å². The predicted octanol–water partition coefficient (Wildman–Crippen LogP) is 0.447. The summed E-state index contributed by atoms with van der Waals surface area (Å²) in [6.07, 6.45) is 0. The maximum absolute atomic E-state index is 11.0. The van der Waals surface area contributed by atoms with Crippen LogP contribution in [0, 0.1) is 22.7 Å². The molecule has 0 atom stereocenters. The molecule has 0 fully saturated rings. The van der Waals surface area contributed by atoms with Crippen LogP contribution >= 0.6 is 0 Å². The van der Waals surface area contributed by atoms with E-state index >= 15 is 0 Å². The van der Waals surface area contributed by atoms with E-state index in [4.69, 9.17) is 20.2 Å². The smallest absolute Gasteiger partial charge is 0.337 e. The van der Waals surface area contributed by atoms with Crippen molar-refractivity contribution in [3.8, 4) is 12.1 Å². The molecule has 1 rings (SSSR count). The highest BCUT2D eigenvalue weighted by Crippen LogP contribution is 2.20. The number of carboxylic acid groups (broad SMARTS) is 1. The minimum absolute atomic E-state index is 0.145. The summed E-state index contributed by atoms with van der Waals surface area (Å²) < 4.78 is 30.6. The molecular formula is C10H6N4O5S.